The van der Waals surface area contributed by atoms with Crippen molar-refractivity contribution in [3.8, 4) is 0 Å². The van der Waals surface area contributed by atoms with Gasteiger partial charge >= 0.3 is 0 Å². The lowest BCUT2D eigenvalue weighted by molar-refractivity contribution is 0.0158. The van der Waals surface area contributed by atoms with Gasteiger partial charge in [-0.15, -0.1) is 0 Å². The van der Waals surface area contributed by atoms with E-state index < -0.39 is 0 Å². The van der Waals surface area contributed by atoms with Crippen molar-refractivity contribution < 1.29 is 13.9 Å². The first-order chi connectivity index (χ1) is 7.79. The van der Waals surface area contributed by atoms with Crippen molar-refractivity contribution in [2.75, 3.05) is 25.2 Å². The van der Waals surface area contributed by atoms with Crippen molar-refractivity contribution in [3.05, 3.63) is 35.6 Å². The van der Waals surface area contributed by atoms with Crippen molar-refractivity contribution in [2.45, 2.75) is 13.0 Å². The molecule has 1 unspecified atom stereocenters. The number of alkyl halides is 1. The molecule has 0 N–H and O–H groups in total. The van der Waals surface area contributed by atoms with Crippen LogP contribution in [0.15, 0.2) is 24.3 Å². The van der Waals surface area contributed by atoms with Gasteiger partial charge in [0.2, 0.25) is 0 Å². The third-order valence-electron chi connectivity index (χ3n) is 2.14. The lowest BCUT2D eigenvalue weighted by Crippen LogP contribution is -2.12. The number of halogens is 2. The first-order valence-electron chi connectivity index (χ1n) is 5.29. The lowest BCUT2D eigenvalue weighted by Gasteiger charge is -2.16. The molecule has 1 aromatic carbocycles. The Morgan fingerprint density at radius 1 is 1.31 bits per heavy atom. The van der Waals surface area contributed by atoms with Crippen molar-refractivity contribution in [2.24, 2.45) is 0 Å². The molecular weight excluding hydrogens is 275 g/mol. The molecule has 1 aromatic rings. The summed E-state index contributed by atoms with van der Waals surface area (Å²) < 4.78 is 24.2. The molecule has 4 heteroatoms. The van der Waals surface area contributed by atoms with Crippen LogP contribution in [0, 0.1) is 5.82 Å². The molecule has 0 aliphatic carbocycles. The molecule has 1 atom stereocenters. The second-order valence-electron chi connectivity index (χ2n) is 3.23. The molecule has 0 heterocycles. The van der Waals surface area contributed by atoms with Gasteiger partial charge in [-0.1, -0.05) is 34.1 Å². The molecule has 0 saturated heterocycles. The highest BCUT2D eigenvalue weighted by molar-refractivity contribution is 9.09. The van der Waals surface area contributed by atoms with E-state index in [9.17, 15) is 4.39 Å². The van der Waals surface area contributed by atoms with E-state index in [4.69, 9.17) is 9.47 Å². The van der Waals surface area contributed by atoms with Gasteiger partial charge < -0.3 is 9.47 Å². The number of hydrogen-bond donors (Lipinski definition) is 0. The van der Waals surface area contributed by atoms with Crippen LogP contribution in [0.2, 0.25) is 0 Å². The minimum absolute atomic E-state index is 0.233. The summed E-state index contributed by atoms with van der Waals surface area (Å²) in [7, 11) is 0. The van der Waals surface area contributed by atoms with E-state index in [1.807, 2.05) is 6.92 Å². The van der Waals surface area contributed by atoms with Crippen molar-refractivity contribution >= 4 is 15.9 Å². The SMILES string of the molecule is CCOCCOC(CBr)c1ccccc1F. The molecule has 0 aliphatic heterocycles. The summed E-state index contributed by atoms with van der Waals surface area (Å²) in [6.07, 6.45) is -0.262. The van der Waals surface area contributed by atoms with Crippen LogP contribution in [0.1, 0.15) is 18.6 Å². The monoisotopic (exact) mass is 290 g/mol. The Labute approximate surface area is 104 Å². The van der Waals surface area contributed by atoms with Gasteiger partial charge in [-0.25, -0.2) is 4.39 Å². The van der Waals surface area contributed by atoms with Gasteiger partial charge in [-0.2, -0.15) is 0 Å². The molecule has 0 amide bonds. The molecule has 2 nitrogen and oxygen atoms in total. The molecule has 16 heavy (non-hydrogen) atoms. The second-order valence-corrected chi connectivity index (χ2v) is 3.88. The molecule has 1 rings (SSSR count). The third-order valence-corrected chi connectivity index (χ3v) is 2.73. The smallest absolute Gasteiger partial charge is 0.129 e. The summed E-state index contributed by atoms with van der Waals surface area (Å²) in [4.78, 5) is 0. The van der Waals surface area contributed by atoms with Gasteiger partial charge in [-0.05, 0) is 13.0 Å². The fourth-order valence-corrected chi connectivity index (χ4v) is 1.88. The van der Waals surface area contributed by atoms with Crippen LogP contribution in [0.25, 0.3) is 0 Å². The number of ether oxygens (including phenoxy) is 2. The van der Waals surface area contributed by atoms with Crippen molar-refractivity contribution in [1.29, 1.82) is 0 Å². The molecule has 0 aromatic heterocycles. The van der Waals surface area contributed by atoms with E-state index in [2.05, 4.69) is 15.9 Å². The van der Waals surface area contributed by atoms with Gasteiger partial charge in [0.05, 0.1) is 19.3 Å². The largest absolute Gasteiger partial charge is 0.379 e. The molecule has 0 radical (unpaired) electrons. The van der Waals surface area contributed by atoms with E-state index in [1.165, 1.54) is 6.07 Å². The van der Waals surface area contributed by atoms with Gasteiger partial charge in [0.1, 0.15) is 5.82 Å². The summed E-state index contributed by atoms with van der Waals surface area (Å²) in [6, 6.07) is 6.66. The van der Waals surface area contributed by atoms with E-state index in [1.54, 1.807) is 18.2 Å². The Balaban J connectivity index is 2.51. The molecule has 0 spiro atoms. The zero-order valence-electron chi connectivity index (χ0n) is 9.29. The predicted octanol–water partition coefficient (Wildman–Crippen LogP) is 3.31. The highest BCUT2D eigenvalue weighted by Crippen LogP contribution is 2.22. The van der Waals surface area contributed by atoms with Gasteiger partial charge in [0, 0.05) is 17.5 Å². The fourth-order valence-electron chi connectivity index (χ4n) is 1.35. The Kier molecular flexibility index (Phi) is 6.61. The Hall–Kier alpha value is -0.450. The zero-order valence-corrected chi connectivity index (χ0v) is 10.9. The number of rotatable bonds is 7. The quantitative estimate of drug-likeness (QED) is 0.567. The standard InChI is InChI=1S/C12H16BrFO2/c1-2-15-7-8-16-12(9-13)10-5-3-4-6-11(10)14/h3-6,12H,2,7-9H2,1H3. The summed E-state index contributed by atoms with van der Waals surface area (Å²) in [5.41, 5.74) is 0.580. The van der Waals surface area contributed by atoms with Crippen LogP contribution >= 0.6 is 15.9 Å². The number of hydrogen-bond acceptors (Lipinski definition) is 2. The van der Waals surface area contributed by atoms with Crippen LogP contribution < -0.4 is 0 Å². The maximum Gasteiger partial charge on any atom is 0.129 e. The summed E-state index contributed by atoms with van der Waals surface area (Å²) in [6.45, 7) is 3.60. The maximum absolute atomic E-state index is 13.5. The predicted molar refractivity (Wildman–Crippen MR) is 65.4 cm³/mol. The molecule has 0 saturated carbocycles. The highest BCUT2D eigenvalue weighted by atomic mass is 79.9. The average Bonchev–Trinajstić information content (AvgIpc) is 2.31. The minimum Gasteiger partial charge on any atom is -0.379 e. The Morgan fingerprint density at radius 2 is 2.06 bits per heavy atom. The summed E-state index contributed by atoms with van der Waals surface area (Å²) >= 11 is 3.32. The molecule has 0 fully saturated rings. The second kappa shape index (κ2) is 7.76. The van der Waals surface area contributed by atoms with E-state index in [0.717, 1.165) is 0 Å². The normalized spacial score (nSPS) is 12.7. The molecule has 90 valence electrons. The van der Waals surface area contributed by atoms with Gasteiger partial charge in [-0.3, -0.25) is 0 Å². The van der Waals surface area contributed by atoms with Gasteiger partial charge in [0.25, 0.3) is 0 Å². The summed E-state index contributed by atoms with van der Waals surface area (Å²) in [5, 5.41) is 0.570. The van der Waals surface area contributed by atoms with Crippen molar-refractivity contribution in [3.63, 3.8) is 0 Å². The van der Waals surface area contributed by atoms with Crippen LogP contribution in [0.5, 0.6) is 0 Å². The Morgan fingerprint density at radius 3 is 2.69 bits per heavy atom. The molecule has 0 bridgehead atoms. The average molecular weight is 291 g/mol. The number of benzene rings is 1. The van der Waals surface area contributed by atoms with E-state index >= 15 is 0 Å². The van der Waals surface area contributed by atoms with Crippen LogP contribution in [0.4, 0.5) is 4.39 Å². The first kappa shape index (κ1) is 13.6. The van der Waals surface area contributed by atoms with E-state index in [-0.39, 0.29) is 11.9 Å². The Bertz CT molecular complexity index is 307. The first-order valence-corrected chi connectivity index (χ1v) is 6.41. The molecular formula is C12H16BrFO2. The molecule has 0 aliphatic rings. The van der Waals surface area contributed by atoms with Crippen LogP contribution in [-0.4, -0.2) is 25.2 Å². The van der Waals surface area contributed by atoms with E-state index in [0.29, 0.717) is 30.7 Å². The summed E-state index contributed by atoms with van der Waals surface area (Å²) in [5.74, 6) is -0.233. The topological polar surface area (TPSA) is 18.5 Å². The highest BCUT2D eigenvalue weighted by Gasteiger charge is 2.14. The van der Waals surface area contributed by atoms with Gasteiger partial charge in [0.15, 0.2) is 0 Å². The zero-order chi connectivity index (χ0) is 11.8. The fraction of sp³-hybridized carbons (Fsp3) is 0.500. The minimum atomic E-state index is -0.262. The maximum atomic E-state index is 13.5. The van der Waals surface area contributed by atoms with Crippen LogP contribution in [-0.2, 0) is 9.47 Å². The lowest BCUT2D eigenvalue weighted by atomic mass is 10.1. The third kappa shape index (κ3) is 4.20. The van der Waals surface area contributed by atoms with Crippen molar-refractivity contribution in [1.82, 2.24) is 0 Å². The van der Waals surface area contributed by atoms with Crippen LogP contribution in [0.3, 0.4) is 0 Å².